The van der Waals surface area contributed by atoms with E-state index in [2.05, 4.69) is 13.8 Å². The van der Waals surface area contributed by atoms with Crippen LogP contribution in [0.5, 0.6) is 0 Å². The molecule has 0 aromatic carbocycles. The third kappa shape index (κ3) is 5.60. The smallest absolute Gasteiger partial charge is 0.316 e. The minimum absolute atomic E-state index is 0.140. The van der Waals surface area contributed by atoms with Crippen molar-refractivity contribution < 1.29 is 14.3 Å². The molecule has 0 aromatic rings. The molecule has 0 N–H and O–H groups in total. The highest BCUT2D eigenvalue weighted by atomic mass is 16.5. The van der Waals surface area contributed by atoms with Crippen molar-refractivity contribution in [3.05, 3.63) is 0 Å². The summed E-state index contributed by atoms with van der Waals surface area (Å²) in [6.45, 7) is 4.80. The van der Waals surface area contributed by atoms with E-state index in [0.29, 0.717) is 31.3 Å². The standard InChI is InChI=1S/C21H36O3/c1-3-5-7-16-8-10-17(11-9-16)18-12-13-19(20(22)15-18)21(23)24-14-6-4-2/h16-19H,3-15H2,1-2H3/t16-,17-,18?,19?. The van der Waals surface area contributed by atoms with Crippen LogP contribution in [-0.4, -0.2) is 18.4 Å². The van der Waals surface area contributed by atoms with Crippen molar-refractivity contribution in [1.29, 1.82) is 0 Å². The SMILES string of the molecule is CCCCOC(=O)C1CCC([C@H]2CC[C@H](CCCC)CC2)CC1=O. The highest BCUT2D eigenvalue weighted by Crippen LogP contribution is 2.41. The summed E-state index contributed by atoms with van der Waals surface area (Å²) < 4.78 is 5.26. The van der Waals surface area contributed by atoms with Crippen molar-refractivity contribution in [3.8, 4) is 0 Å². The van der Waals surface area contributed by atoms with E-state index in [-0.39, 0.29) is 11.8 Å². The molecule has 24 heavy (non-hydrogen) atoms. The van der Waals surface area contributed by atoms with E-state index in [4.69, 9.17) is 4.74 Å². The number of ether oxygens (including phenoxy) is 1. The van der Waals surface area contributed by atoms with E-state index in [9.17, 15) is 9.59 Å². The fourth-order valence-electron chi connectivity index (χ4n) is 4.55. The van der Waals surface area contributed by atoms with E-state index >= 15 is 0 Å². The molecule has 138 valence electrons. The predicted molar refractivity (Wildman–Crippen MR) is 96.7 cm³/mol. The summed E-state index contributed by atoms with van der Waals surface area (Å²) in [4.78, 5) is 24.5. The average Bonchev–Trinajstić information content (AvgIpc) is 2.60. The zero-order chi connectivity index (χ0) is 17.4. The van der Waals surface area contributed by atoms with Crippen LogP contribution in [0.15, 0.2) is 0 Å². The van der Waals surface area contributed by atoms with Crippen molar-refractivity contribution in [1.82, 2.24) is 0 Å². The second-order valence-electron chi connectivity index (χ2n) is 8.00. The first kappa shape index (κ1) is 19.5. The molecule has 2 aliphatic rings. The number of carbonyl (C=O) groups is 2. The van der Waals surface area contributed by atoms with Crippen molar-refractivity contribution in [2.24, 2.45) is 23.7 Å². The molecule has 0 heterocycles. The minimum atomic E-state index is -0.473. The van der Waals surface area contributed by atoms with Crippen LogP contribution in [0.1, 0.15) is 90.9 Å². The van der Waals surface area contributed by atoms with Gasteiger partial charge in [-0.15, -0.1) is 0 Å². The number of carbonyl (C=O) groups excluding carboxylic acids is 2. The average molecular weight is 337 g/mol. The summed E-state index contributed by atoms with van der Waals surface area (Å²) in [5.74, 6) is 1.55. The molecule has 2 aliphatic carbocycles. The summed E-state index contributed by atoms with van der Waals surface area (Å²) >= 11 is 0. The Morgan fingerprint density at radius 2 is 1.62 bits per heavy atom. The quantitative estimate of drug-likeness (QED) is 0.343. The largest absolute Gasteiger partial charge is 0.465 e. The minimum Gasteiger partial charge on any atom is -0.465 e. The van der Waals surface area contributed by atoms with Gasteiger partial charge < -0.3 is 4.74 Å². The van der Waals surface area contributed by atoms with E-state index in [1.54, 1.807) is 0 Å². The first-order chi connectivity index (χ1) is 11.7. The summed E-state index contributed by atoms with van der Waals surface area (Å²) in [5.41, 5.74) is 0. The number of hydrogen-bond acceptors (Lipinski definition) is 3. The van der Waals surface area contributed by atoms with Gasteiger partial charge in [-0.3, -0.25) is 9.59 Å². The molecule has 0 aliphatic heterocycles. The maximum absolute atomic E-state index is 12.4. The van der Waals surface area contributed by atoms with Crippen LogP contribution in [0.3, 0.4) is 0 Å². The molecule has 2 saturated carbocycles. The Morgan fingerprint density at radius 3 is 2.25 bits per heavy atom. The number of unbranched alkanes of at least 4 members (excludes halogenated alkanes) is 2. The lowest BCUT2D eigenvalue weighted by molar-refractivity contribution is -0.154. The van der Waals surface area contributed by atoms with Gasteiger partial charge in [0.15, 0.2) is 0 Å². The lowest BCUT2D eigenvalue weighted by Crippen LogP contribution is -2.35. The van der Waals surface area contributed by atoms with Gasteiger partial charge in [-0.2, -0.15) is 0 Å². The monoisotopic (exact) mass is 336 g/mol. The molecule has 3 nitrogen and oxygen atoms in total. The van der Waals surface area contributed by atoms with Gasteiger partial charge in [-0.25, -0.2) is 0 Å². The van der Waals surface area contributed by atoms with Gasteiger partial charge in [0.1, 0.15) is 11.7 Å². The third-order valence-corrected chi connectivity index (χ3v) is 6.23. The fourth-order valence-corrected chi connectivity index (χ4v) is 4.55. The molecule has 0 radical (unpaired) electrons. The number of ketones is 1. The van der Waals surface area contributed by atoms with E-state index in [1.165, 1.54) is 44.9 Å². The van der Waals surface area contributed by atoms with Crippen LogP contribution in [0, 0.1) is 23.7 Å². The molecule has 0 saturated heterocycles. The molecule has 2 atom stereocenters. The Bertz CT molecular complexity index is 396. The normalized spacial score (nSPS) is 31.0. The zero-order valence-corrected chi connectivity index (χ0v) is 15.7. The van der Waals surface area contributed by atoms with Gasteiger partial charge in [-0.1, -0.05) is 52.4 Å². The summed E-state index contributed by atoms with van der Waals surface area (Å²) in [7, 11) is 0. The molecular weight excluding hydrogens is 300 g/mol. The topological polar surface area (TPSA) is 43.4 Å². The van der Waals surface area contributed by atoms with Gasteiger partial charge in [0, 0.05) is 6.42 Å². The van der Waals surface area contributed by atoms with Gasteiger partial charge in [0.05, 0.1) is 6.61 Å². The second-order valence-corrected chi connectivity index (χ2v) is 8.00. The number of hydrogen-bond donors (Lipinski definition) is 0. The Labute approximate surface area is 147 Å². The maximum atomic E-state index is 12.4. The Hall–Kier alpha value is -0.860. The Morgan fingerprint density at radius 1 is 0.958 bits per heavy atom. The van der Waals surface area contributed by atoms with Gasteiger partial charge in [0.25, 0.3) is 0 Å². The molecule has 2 rings (SSSR count). The molecule has 0 bridgehead atoms. The van der Waals surface area contributed by atoms with Crippen molar-refractivity contribution in [3.63, 3.8) is 0 Å². The summed E-state index contributed by atoms with van der Waals surface area (Å²) in [6, 6.07) is 0. The van der Waals surface area contributed by atoms with Crippen LogP contribution in [0.4, 0.5) is 0 Å². The fraction of sp³-hybridized carbons (Fsp3) is 0.905. The highest BCUT2D eigenvalue weighted by molar-refractivity contribution is 5.99. The van der Waals surface area contributed by atoms with Crippen LogP contribution in [-0.2, 0) is 14.3 Å². The van der Waals surface area contributed by atoms with E-state index in [1.807, 2.05) is 0 Å². The van der Waals surface area contributed by atoms with E-state index in [0.717, 1.165) is 25.2 Å². The molecule has 2 fully saturated rings. The Balaban J connectivity index is 1.73. The van der Waals surface area contributed by atoms with Crippen LogP contribution < -0.4 is 0 Å². The number of esters is 1. The highest BCUT2D eigenvalue weighted by Gasteiger charge is 2.38. The molecular formula is C21H36O3. The lowest BCUT2D eigenvalue weighted by atomic mass is 9.68. The predicted octanol–water partition coefficient (Wildman–Crippen LogP) is 5.31. The molecule has 0 spiro atoms. The van der Waals surface area contributed by atoms with Crippen molar-refractivity contribution in [2.45, 2.75) is 90.9 Å². The molecule has 0 aromatic heterocycles. The number of Topliss-reactive ketones (excluding diaryl/α,β-unsaturated/α-hetero) is 1. The summed E-state index contributed by atoms with van der Waals surface area (Å²) in [5, 5.41) is 0. The van der Waals surface area contributed by atoms with Crippen molar-refractivity contribution >= 4 is 11.8 Å². The molecule has 2 unspecified atom stereocenters. The first-order valence-electron chi connectivity index (χ1n) is 10.3. The van der Waals surface area contributed by atoms with Gasteiger partial charge in [-0.05, 0) is 49.9 Å². The van der Waals surface area contributed by atoms with Crippen LogP contribution in [0.25, 0.3) is 0 Å². The Kier molecular flexibility index (Phi) is 8.28. The lowest BCUT2D eigenvalue weighted by Gasteiger charge is -2.36. The van der Waals surface area contributed by atoms with Crippen LogP contribution >= 0.6 is 0 Å². The van der Waals surface area contributed by atoms with E-state index < -0.39 is 5.92 Å². The first-order valence-corrected chi connectivity index (χ1v) is 10.3. The molecule has 0 amide bonds. The van der Waals surface area contributed by atoms with Crippen molar-refractivity contribution in [2.75, 3.05) is 6.61 Å². The van der Waals surface area contributed by atoms with Crippen LogP contribution in [0.2, 0.25) is 0 Å². The zero-order valence-electron chi connectivity index (χ0n) is 15.7. The third-order valence-electron chi connectivity index (χ3n) is 6.23. The maximum Gasteiger partial charge on any atom is 0.316 e. The van der Waals surface area contributed by atoms with Gasteiger partial charge >= 0.3 is 5.97 Å². The number of rotatable bonds is 8. The summed E-state index contributed by atoms with van der Waals surface area (Å²) in [6.07, 6.45) is 13.6. The van der Waals surface area contributed by atoms with Gasteiger partial charge in [0.2, 0.25) is 0 Å². The second kappa shape index (κ2) is 10.2. The molecule has 3 heteroatoms.